The summed E-state index contributed by atoms with van der Waals surface area (Å²) in [5, 5.41) is 3.06. The smallest absolute Gasteiger partial charge is 0.338 e. The molecule has 3 rings (SSSR count). The quantitative estimate of drug-likeness (QED) is 0.700. The van der Waals surface area contributed by atoms with Crippen molar-refractivity contribution in [3.63, 3.8) is 0 Å². The number of ether oxygens (including phenoxy) is 2. The second kappa shape index (κ2) is 8.53. The van der Waals surface area contributed by atoms with Crippen molar-refractivity contribution in [2.45, 2.75) is 20.0 Å². The molecule has 0 saturated heterocycles. The van der Waals surface area contributed by atoms with Crippen LogP contribution in [0.4, 0.5) is 11.4 Å². The van der Waals surface area contributed by atoms with E-state index < -0.39 is 28.0 Å². The number of anilines is 2. The van der Waals surface area contributed by atoms with Crippen LogP contribution in [0.5, 0.6) is 5.75 Å². The highest BCUT2D eigenvalue weighted by molar-refractivity contribution is 7.92. The minimum atomic E-state index is -3.67. The third-order valence-corrected chi connectivity index (χ3v) is 5.95. The molecule has 0 bridgehead atoms. The molecule has 0 aromatic heterocycles. The van der Waals surface area contributed by atoms with E-state index in [9.17, 15) is 18.0 Å². The minimum Gasteiger partial charge on any atom is -0.476 e. The zero-order chi connectivity index (χ0) is 22.1. The van der Waals surface area contributed by atoms with Crippen LogP contribution in [0.1, 0.15) is 22.8 Å². The Morgan fingerprint density at radius 2 is 2.03 bits per heavy atom. The topological polar surface area (TPSA) is 102 Å². The van der Waals surface area contributed by atoms with Gasteiger partial charge in [0.25, 0.3) is 5.91 Å². The monoisotopic (exact) mass is 452 g/mol. The second-order valence-corrected chi connectivity index (χ2v) is 9.04. The molecule has 160 valence electrons. The predicted molar refractivity (Wildman–Crippen MR) is 114 cm³/mol. The number of carbonyl (C=O) groups excluding carboxylic acids is 2. The Bertz CT molecular complexity index is 1100. The average molecular weight is 453 g/mol. The van der Waals surface area contributed by atoms with Crippen molar-refractivity contribution in [3.8, 4) is 5.75 Å². The number of hydrogen-bond donors (Lipinski definition) is 1. The summed E-state index contributed by atoms with van der Waals surface area (Å²) in [4.78, 5) is 25.0. The molecular formula is C20H21ClN2O6S. The van der Waals surface area contributed by atoms with Crippen molar-refractivity contribution in [2.24, 2.45) is 0 Å². The van der Waals surface area contributed by atoms with Gasteiger partial charge in [-0.3, -0.25) is 9.10 Å². The van der Waals surface area contributed by atoms with Crippen LogP contribution in [0.2, 0.25) is 5.02 Å². The maximum absolute atomic E-state index is 12.9. The van der Waals surface area contributed by atoms with E-state index in [2.05, 4.69) is 5.32 Å². The van der Waals surface area contributed by atoms with Gasteiger partial charge < -0.3 is 14.8 Å². The van der Waals surface area contributed by atoms with Crippen LogP contribution >= 0.6 is 11.6 Å². The first-order chi connectivity index (χ1) is 14.1. The first-order valence-corrected chi connectivity index (χ1v) is 11.4. The third-order valence-electron chi connectivity index (χ3n) is 4.57. The molecule has 1 aliphatic heterocycles. The fourth-order valence-corrected chi connectivity index (χ4v) is 4.16. The summed E-state index contributed by atoms with van der Waals surface area (Å²) in [6.07, 6.45) is -0.0515. The van der Waals surface area contributed by atoms with Gasteiger partial charge in [0.1, 0.15) is 5.75 Å². The van der Waals surface area contributed by atoms with Gasteiger partial charge in [0, 0.05) is 10.7 Å². The molecule has 0 saturated carbocycles. The zero-order valence-corrected chi connectivity index (χ0v) is 18.2. The highest BCUT2D eigenvalue weighted by Crippen LogP contribution is 2.37. The Balaban J connectivity index is 1.87. The molecule has 1 heterocycles. The molecule has 1 atom stereocenters. The van der Waals surface area contributed by atoms with Crippen molar-refractivity contribution in [3.05, 3.63) is 52.5 Å². The van der Waals surface area contributed by atoms with Crippen molar-refractivity contribution >= 4 is 44.9 Å². The number of hydrogen-bond acceptors (Lipinski definition) is 6. The average Bonchev–Trinajstić information content (AvgIpc) is 2.68. The number of nitrogens with zero attached hydrogens (tertiary/aromatic N) is 1. The van der Waals surface area contributed by atoms with Gasteiger partial charge in [-0.05, 0) is 49.7 Å². The first kappa shape index (κ1) is 21.9. The van der Waals surface area contributed by atoms with Crippen molar-refractivity contribution in [1.82, 2.24) is 0 Å². The van der Waals surface area contributed by atoms with E-state index in [4.69, 9.17) is 21.1 Å². The molecule has 10 heteroatoms. The van der Waals surface area contributed by atoms with Crippen LogP contribution in [-0.2, 0) is 19.6 Å². The maximum atomic E-state index is 12.9. The number of fused-ring (bicyclic) bond motifs is 1. The fourth-order valence-electron chi connectivity index (χ4n) is 3.09. The SMILES string of the molecule is CCOC(=O)c1cccc(NC(=O)[C@@H]2CN(S(C)(=O)=O)c3cc(Cl)ccc3O2)c1C. The lowest BCUT2D eigenvalue weighted by molar-refractivity contribution is -0.122. The maximum Gasteiger partial charge on any atom is 0.338 e. The summed E-state index contributed by atoms with van der Waals surface area (Å²) in [6, 6.07) is 9.40. The van der Waals surface area contributed by atoms with Crippen LogP contribution in [0.3, 0.4) is 0 Å². The van der Waals surface area contributed by atoms with Crippen molar-refractivity contribution < 1.29 is 27.5 Å². The van der Waals surface area contributed by atoms with Crippen molar-refractivity contribution in [1.29, 1.82) is 0 Å². The number of carbonyl (C=O) groups is 2. The number of rotatable bonds is 5. The molecule has 0 spiro atoms. The van der Waals surface area contributed by atoms with Gasteiger partial charge in [0.15, 0.2) is 6.10 Å². The molecule has 0 radical (unpaired) electrons. The summed E-state index contributed by atoms with van der Waals surface area (Å²) in [5.74, 6) is -0.810. The van der Waals surface area contributed by atoms with E-state index in [1.165, 1.54) is 12.1 Å². The molecule has 0 unspecified atom stereocenters. The van der Waals surface area contributed by atoms with E-state index in [0.717, 1.165) is 10.6 Å². The molecule has 30 heavy (non-hydrogen) atoms. The van der Waals surface area contributed by atoms with E-state index in [1.807, 2.05) is 0 Å². The molecule has 8 nitrogen and oxygen atoms in total. The first-order valence-electron chi connectivity index (χ1n) is 9.13. The van der Waals surface area contributed by atoms with Crippen LogP contribution in [0.15, 0.2) is 36.4 Å². The van der Waals surface area contributed by atoms with E-state index >= 15 is 0 Å². The summed E-state index contributed by atoms with van der Waals surface area (Å²) in [6.45, 7) is 3.41. The lowest BCUT2D eigenvalue weighted by Gasteiger charge is -2.34. The van der Waals surface area contributed by atoms with Gasteiger partial charge in [-0.1, -0.05) is 17.7 Å². The predicted octanol–water partition coefficient (Wildman–Crippen LogP) is 2.99. The number of benzene rings is 2. The molecule has 1 aliphatic rings. The Morgan fingerprint density at radius 3 is 2.70 bits per heavy atom. The number of sulfonamides is 1. The van der Waals surface area contributed by atoms with Crippen LogP contribution in [-0.4, -0.2) is 45.8 Å². The van der Waals surface area contributed by atoms with Gasteiger partial charge in [0.2, 0.25) is 10.0 Å². The van der Waals surface area contributed by atoms with E-state index in [1.54, 1.807) is 38.1 Å². The summed E-state index contributed by atoms with van der Waals surface area (Å²) in [7, 11) is -3.67. The van der Waals surface area contributed by atoms with Crippen LogP contribution in [0.25, 0.3) is 0 Å². The van der Waals surface area contributed by atoms with E-state index in [-0.39, 0.29) is 24.6 Å². The van der Waals surface area contributed by atoms with Crippen LogP contribution < -0.4 is 14.4 Å². The molecule has 0 fully saturated rings. The van der Waals surface area contributed by atoms with Gasteiger partial charge >= 0.3 is 5.97 Å². The number of nitrogens with one attached hydrogen (secondary N) is 1. The second-order valence-electron chi connectivity index (χ2n) is 6.70. The largest absolute Gasteiger partial charge is 0.476 e. The standard InChI is InChI=1S/C20H21ClN2O6S/c1-4-28-20(25)14-6-5-7-15(12(14)2)22-19(24)18-11-23(30(3,26)27)16-10-13(21)8-9-17(16)29-18/h5-10,18H,4,11H2,1-3H3,(H,22,24)/t18-/m0/s1. The molecular weight excluding hydrogens is 432 g/mol. The lowest BCUT2D eigenvalue weighted by Crippen LogP contribution is -2.48. The summed E-state index contributed by atoms with van der Waals surface area (Å²) in [5.41, 5.74) is 1.54. The zero-order valence-electron chi connectivity index (χ0n) is 16.6. The van der Waals surface area contributed by atoms with Crippen molar-refractivity contribution in [2.75, 3.05) is 29.0 Å². The molecule has 1 N–H and O–H groups in total. The number of amides is 1. The Kier molecular flexibility index (Phi) is 6.23. The molecule has 0 aliphatic carbocycles. The summed E-state index contributed by atoms with van der Waals surface area (Å²) < 4.78 is 36.4. The normalized spacial score (nSPS) is 15.7. The number of esters is 1. The Morgan fingerprint density at radius 1 is 1.30 bits per heavy atom. The van der Waals surface area contributed by atoms with Gasteiger partial charge in [0.05, 0.1) is 30.7 Å². The number of halogens is 1. The van der Waals surface area contributed by atoms with Gasteiger partial charge in [-0.15, -0.1) is 0 Å². The van der Waals surface area contributed by atoms with E-state index in [0.29, 0.717) is 21.8 Å². The fraction of sp³-hybridized carbons (Fsp3) is 0.300. The highest BCUT2D eigenvalue weighted by Gasteiger charge is 2.35. The summed E-state index contributed by atoms with van der Waals surface area (Å²) >= 11 is 5.98. The Hall–Kier alpha value is -2.78. The highest BCUT2D eigenvalue weighted by atomic mass is 35.5. The van der Waals surface area contributed by atoms with Gasteiger partial charge in [-0.2, -0.15) is 0 Å². The van der Waals surface area contributed by atoms with Crippen LogP contribution in [0, 0.1) is 6.92 Å². The third kappa shape index (κ3) is 4.52. The Labute approximate surface area is 179 Å². The molecule has 1 amide bonds. The molecule has 2 aromatic rings. The minimum absolute atomic E-state index is 0.214. The molecule has 2 aromatic carbocycles. The van der Waals surface area contributed by atoms with Gasteiger partial charge in [-0.25, -0.2) is 13.2 Å². The lowest BCUT2D eigenvalue weighted by atomic mass is 10.1.